The normalized spacial score (nSPS) is 13.2. The van der Waals surface area contributed by atoms with Crippen molar-refractivity contribution >= 4 is 5.69 Å². The van der Waals surface area contributed by atoms with Crippen molar-refractivity contribution in [2.75, 3.05) is 0 Å². The Morgan fingerprint density at radius 1 is 1.25 bits per heavy atom. The Kier molecular flexibility index (Phi) is 3.37. The second-order valence-corrected chi connectivity index (χ2v) is 4.72. The number of benzene rings is 1. The summed E-state index contributed by atoms with van der Waals surface area (Å²) in [4.78, 5) is 20.8. The minimum atomic E-state index is -0.492. The van der Waals surface area contributed by atoms with E-state index in [9.17, 15) is 15.0 Å². The molecule has 0 saturated carbocycles. The van der Waals surface area contributed by atoms with Gasteiger partial charge in [0.05, 0.1) is 4.92 Å². The lowest BCUT2D eigenvalue weighted by Crippen LogP contribution is -2.16. The fourth-order valence-corrected chi connectivity index (χ4v) is 1.50. The van der Waals surface area contributed by atoms with Crippen LogP contribution in [0.2, 0.25) is 0 Å². The topological polar surface area (TPSA) is 72.6 Å². The van der Waals surface area contributed by atoms with Crippen LogP contribution in [-0.2, 0) is 0 Å². The van der Waals surface area contributed by atoms with Crippen molar-refractivity contribution < 1.29 is 4.92 Å². The molecule has 16 heavy (non-hydrogen) atoms. The van der Waals surface area contributed by atoms with Gasteiger partial charge in [0.1, 0.15) is 6.04 Å². The number of hydrogen-bond acceptors (Lipinski definition) is 4. The molecule has 0 aromatic heterocycles. The Labute approximate surface area is 93.6 Å². The van der Waals surface area contributed by atoms with Gasteiger partial charge in [-0.15, -0.1) is 0 Å². The first kappa shape index (κ1) is 12.3. The molecule has 0 bridgehead atoms. The molecule has 0 aliphatic rings. The van der Waals surface area contributed by atoms with E-state index in [4.69, 9.17) is 0 Å². The maximum absolute atomic E-state index is 10.8. The van der Waals surface area contributed by atoms with Gasteiger partial charge in [-0.25, -0.2) is 0 Å². The molecule has 0 heterocycles. The van der Waals surface area contributed by atoms with Gasteiger partial charge in [-0.1, -0.05) is 25.9 Å². The molecular weight excluding hydrogens is 208 g/mol. The predicted octanol–water partition coefficient (Wildman–Crippen LogP) is 3.45. The highest BCUT2D eigenvalue weighted by Crippen LogP contribution is 2.36. The Hall–Kier alpha value is -1.78. The third-order valence-corrected chi connectivity index (χ3v) is 2.35. The summed E-state index contributed by atoms with van der Waals surface area (Å²) in [5.41, 5.74) is 0.424. The van der Waals surface area contributed by atoms with E-state index < -0.39 is 11.0 Å². The lowest BCUT2D eigenvalue weighted by Gasteiger charge is -2.24. The van der Waals surface area contributed by atoms with Crippen LogP contribution in [0.3, 0.4) is 0 Å². The monoisotopic (exact) mass is 222 g/mol. The van der Waals surface area contributed by atoms with Crippen LogP contribution >= 0.6 is 0 Å². The van der Waals surface area contributed by atoms with Crippen LogP contribution in [0.1, 0.15) is 32.4 Å². The predicted molar refractivity (Wildman–Crippen MR) is 61.1 cm³/mol. The van der Waals surface area contributed by atoms with E-state index in [0.717, 1.165) is 0 Å². The molecular formula is C11H14N2O3. The van der Waals surface area contributed by atoms with Crippen LogP contribution in [0.5, 0.6) is 0 Å². The molecule has 1 aromatic carbocycles. The minimum absolute atomic E-state index is 0.0160. The number of nitroso groups, excluding NO2 is 1. The Morgan fingerprint density at radius 2 is 1.75 bits per heavy atom. The van der Waals surface area contributed by atoms with Gasteiger partial charge in [-0.3, -0.25) is 10.1 Å². The summed E-state index contributed by atoms with van der Waals surface area (Å²) in [5, 5.41) is 13.6. The maximum Gasteiger partial charge on any atom is 0.269 e. The van der Waals surface area contributed by atoms with Gasteiger partial charge in [0.25, 0.3) is 5.69 Å². The number of nitro benzene ring substituents is 1. The maximum atomic E-state index is 10.8. The van der Waals surface area contributed by atoms with Gasteiger partial charge in [0, 0.05) is 12.1 Å². The quantitative estimate of drug-likeness (QED) is 0.446. The van der Waals surface area contributed by atoms with E-state index in [0.29, 0.717) is 5.56 Å². The fraction of sp³-hybridized carbons (Fsp3) is 0.455. The molecule has 1 unspecified atom stereocenters. The molecule has 1 rings (SSSR count). The van der Waals surface area contributed by atoms with Crippen molar-refractivity contribution in [2.45, 2.75) is 26.8 Å². The van der Waals surface area contributed by atoms with Gasteiger partial charge in [0.15, 0.2) is 0 Å². The average Bonchev–Trinajstić information content (AvgIpc) is 2.17. The lowest BCUT2D eigenvalue weighted by atomic mass is 9.83. The number of nitro groups is 1. The lowest BCUT2D eigenvalue weighted by molar-refractivity contribution is -0.384. The van der Waals surface area contributed by atoms with Gasteiger partial charge in [0.2, 0.25) is 0 Å². The Bertz CT molecular complexity index is 393. The standard InChI is InChI=1S/C11H14N2O3/c1-11(2,3)10(12-14)8-4-6-9(7-5-8)13(15)16/h4-7,10H,1-3H3. The van der Waals surface area contributed by atoms with Crippen LogP contribution in [0.4, 0.5) is 5.69 Å². The molecule has 0 aliphatic heterocycles. The first-order chi connectivity index (χ1) is 7.36. The second kappa shape index (κ2) is 4.38. The van der Waals surface area contributed by atoms with Crippen LogP contribution in [0.25, 0.3) is 0 Å². The zero-order valence-corrected chi connectivity index (χ0v) is 9.51. The third kappa shape index (κ3) is 2.62. The molecule has 0 amide bonds. The summed E-state index contributed by atoms with van der Waals surface area (Å²) in [6, 6.07) is 5.44. The zero-order valence-electron chi connectivity index (χ0n) is 9.51. The molecule has 0 spiro atoms. The van der Waals surface area contributed by atoms with Crippen molar-refractivity contribution in [1.82, 2.24) is 0 Å². The number of hydrogen-bond donors (Lipinski definition) is 0. The molecule has 0 N–H and O–H groups in total. The molecule has 0 fully saturated rings. The summed E-state index contributed by atoms with van der Waals surface area (Å²) < 4.78 is 0. The largest absolute Gasteiger partial charge is 0.269 e. The van der Waals surface area contributed by atoms with Crippen molar-refractivity contribution in [3.63, 3.8) is 0 Å². The summed E-state index contributed by atoms with van der Waals surface area (Å²) in [5.74, 6) is 0. The number of rotatable bonds is 3. The van der Waals surface area contributed by atoms with Crippen molar-refractivity contribution in [2.24, 2.45) is 10.6 Å². The first-order valence-electron chi connectivity index (χ1n) is 4.93. The molecule has 86 valence electrons. The van der Waals surface area contributed by atoms with Crippen molar-refractivity contribution in [3.05, 3.63) is 44.9 Å². The zero-order chi connectivity index (χ0) is 12.3. The number of non-ortho nitro benzene ring substituents is 1. The van der Waals surface area contributed by atoms with Gasteiger partial charge in [-0.05, 0) is 23.1 Å². The highest BCUT2D eigenvalue weighted by atomic mass is 16.6. The molecule has 1 aromatic rings. The van der Waals surface area contributed by atoms with Crippen molar-refractivity contribution in [1.29, 1.82) is 0 Å². The molecule has 0 aliphatic carbocycles. The van der Waals surface area contributed by atoms with Gasteiger partial charge >= 0.3 is 0 Å². The summed E-state index contributed by atoms with van der Waals surface area (Å²) in [7, 11) is 0. The van der Waals surface area contributed by atoms with Crippen LogP contribution in [-0.4, -0.2) is 4.92 Å². The molecule has 0 radical (unpaired) electrons. The molecule has 0 saturated heterocycles. The fourth-order valence-electron chi connectivity index (χ4n) is 1.50. The van der Waals surface area contributed by atoms with Gasteiger partial charge < -0.3 is 0 Å². The van der Waals surface area contributed by atoms with E-state index >= 15 is 0 Å². The summed E-state index contributed by atoms with van der Waals surface area (Å²) >= 11 is 0. The van der Waals surface area contributed by atoms with Crippen LogP contribution < -0.4 is 0 Å². The second-order valence-electron chi connectivity index (χ2n) is 4.72. The number of nitrogens with zero attached hydrogens (tertiary/aromatic N) is 2. The average molecular weight is 222 g/mol. The smallest absolute Gasteiger partial charge is 0.258 e. The molecule has 5 nitrogen and oxygen atoms in total. The first-order valence-corrected chi connectivity index (χ1v) is 4.93. The highest BCUT2D eigenvalue weighted by Gasteiger charge is 2.27. The van der Waals surface area contributed by atoms with Crippen LogP contribution in [0.15, 0.2) is 29.4 Å². The van der Waals surface area contributed by atoms with E-state index in [1.165, 1.54) is 12.1 Å². The molecule has 5 heteroatoms. The van der Waals surface area contributed by atoms with E-state index in [-0.39, 0.29) is 11.1 Å². The summed E-state index contributed by atoms with van der Waals surface area (Å²) in [6.45, 7) is 5.71. The highest BCUT2D eigenvalue weighted by molar-refractivity contribution is 5.34. The van der Waals surface area contributed by atoms with E-state index in [2.05, 4.69) is 5.18 Å². The van der Waals surface area contributed by atoms with Crippen LogP contribution in [0, 0.1) is 20.4 Å². The van der Waals surface area contributed by atoms with E-state index in [1.807, 2.05) is 20.8 Å². The van der Waals surface area contributed by atoms with Crippen molar-refractivity contribution in [3.8, 4) is 0 Å². The Balaban J connectivity index is 3.05. The Morgan fingerprint density at radius 3 is 2.06 bits per heavy atom. The summed E-state index contributed by atoms with van der Waals surface area (Å²) in [6.07, 6.45) is 0. The SMILES string of the molecule is CC(C)(C)C(N=O)c1ccc([N+](=O)[O-])cc1. The van der Waals surface area contributed by atoms with E-state index in [1.54, 1.807) is 12.1 Å². The third-order valence-electron chi connectivity index (χ3n) is 2.35. The minimum Gasteiger partial charge on any atom is -0.258 e. The van der Waals surface area contributed by atoms with Gasteiger partial charge in [-0.2, -0.15) is 4.91 Å². The molecule has 1 atom stereocenters.